The molecule has 0 bridgehead atoms. The molecule has 0 aromatic heterocycles. The highest BCUT2D eigenvalue weighted by Gasteiger charge is 2.29. The lowest BCUT2D eigenvalue weighted by atomic mass is 9.74. The van der Waals surface area contributed by atoms with Crippen LogP contribution >= 0.6 is 15.9 Å². The lowest BCUT2D eigenvalue weighted by Gasteiger charge is -2.35. The van der Waals surface area contributed by atoms with Crippen molar-refractivity contribution in [3.8, 4) is 0 Å². The van der Waals surface area contributed by atoms with Gasteiger partial charge in [-0.05, 0) is 35.4 Å². The molecular weight excluding hydrogens is 305 g/mol. The van der Waals surface area contributed by atoms with Crippen molar-refractivity contribution in [3.63, 3.8) is 0 Å². The minimum absolute atomic E-state index is 0.0545. The van der Waals surface area contributed by atoms with Gasteiger partial charge in [0.05, 0.1) is 0 Å². The Morgan fingerprint density at radius 3 is 2.37 bits per heavy atom. The van der Waals surface area contributed by atoms with Crippen LogP contribution < -0.4 is 5.32 Å². The van der Waals surface area contributed by atoms with Crippen molar-refractivity contribution < 1.29 is 4.39 Å². The second kappa shape index (κ2) is 6.85. The molecule has 0 fully saturated rings. The summed E-state index contributed by atoms with van der Waals surface area (Å²) in [5, 5.41) is 3.49. The van der Waals surface area contributed by atoms with E-state index < -0.39 is 0 Å². The number of benzene rings is 1. The first kappa shape index (κ1) is 16.6. The molecule has 0 radical (unpaired) electrons. The molecule has 1 nitrogen and oxygen atoms in total. The lowest BCUT2D eigenvalue weighted by molar-refractivity contribution is 0.200. The third kappa shape index (κ3) is 4.88. The highest BCUT2D eigenvalue weighted by atomic mass is 79.9. The molecule has 1 N–H and O–H groups in total. The molecule has 1 unspecified atom stereocenters. The number of hydrogen-bond acceptors (Lipinski definition) is 1. The first-order chi connectivity index (χ1) is 8.74. The second-order valence-electron chi connectivity index (χ2n) is 6.26. The fourth-order valence-electron chi connectivity index (χ4n) is 2.01. The van der Waals surface area contributed by atoms with Gasteiger partial charge in [-0.15, -0.1) is 0 Å². The molecule has 0 aliphatic heterocycles. The van der Waals surface area contributed by atoms with Crippen LogP contribution in [0.25, 0.3) is 0 Å². The smallest absolute Gasteiger partial charge is 0.127 e. The van der Waals surface area contributed by atoms with E-state index in [9.17, 15) is 4.39 Å². The van der Waals surface area contributed by atoms with E-state index in [2.05, 4.69) is 55.9 Å². The molecule has 3 heteroatoms. The van der Waals surface area contributed by atoms with Gasteiger partial charge >= 0.3 is 0 Å². The van der Waals surface area contributed by atoms with Crippen molar-refractivity contribution in [2.24, 2.45) is 11.3 Å². The largest absolute Gasteiger partial charge is 0.314 e. The Labute approximate surface area is 125 Å². The van der Waals surface area contributed by atoms with Gasteiger partial charge < -0.3 is 5.32 Å². The molecule has 0 saturated heterocycles. The average Bonchev–Trinajstić information content (AvgIpc) is 2.30. The standard InChI is InChI=1S/C16H25BrFN/c1-11(2)16(5,10-19-12(3)4)9-13-6-7-14(17)8-15(13)18/h6-8,11-12,19H,9-10H2,1-5H3. The van der Waals surface area contributed by atoms with Gasteiger partial charge in [0.2, 0.25) is 0 Å². The summed E-state index contributed by atoms with van der Waals surface area (Å²) in [6, 6.07) is 5.80. The predicted molar refractivity (Wildman–Crippen MR) is 83.9 cm³/mol. The van der Waals surface area contributed by atoms with Crippen molar-refractivity contribution in [2.75, 3.05) is 6.54 Å². The third-order valence-electron chi connectivity index (χ3n) is 3.92. The van der Waals surface area contributed by atoms with Crippen molar-refractivity contribution in [1.82, 2.24) is 5.32 Å². The van der Waals surface area contributed by atoms with Gasteiger partial charge in [-0.1, -0.05) is 56.6 Å². The Morgan fingerprint density at radius 2 is 1.89 bits per heavy atom. The molecule has 0 saturated carbocycles. The summed E-state index contributed by atoms with van der Waals surface area (Å²) >= 11 is 3.30. The molecule has 1 aromatic rings. The molecule has 1 rings (SSSR count). The molecule has 0 spiro atoms. The van der Waals surface area contributed by atoms with E-state index >= 15 is 0 Å². The fourth-order valence-corrected chi connectivity index (χ4v) is 2.34. The first-order valence-corrected chi connectivity index (χ1v) is 7.71. The summed E-state index contributed by atoms with van der Waals surface area (Å²) in [5.41, 5.74) is 0.851. The molecule has 0 amide bonds. The normalized spacial score (nSPS) is 15.0. The van der Waals surface area contributed by atoms with Gasteiger partial charge in [0.25, 0.3) is 0 Å². The van der Waals surface area contributed by atoms with Gasteiger partial charge in [-0.25, -0.2) is 4.39 Å². The van der Waals surface area contributed by atoms with Crippen LogP contribution in [-0.4, -0.2) is 12.6 Å². The zero-order valence-corrected chi connectivity index (χ0v) is 14.1. The summed E-state index contributed by atoms with van der Waals surface area (Å²) in [7, 11) is 0. The Bertz CT molecular complexity index is 417. The van der Waals surface area contributed by atoms with Crippen LogP contribution in [0.5, 0.6) is 0 Å². The van der Waals surface area contributed by atoms with Crippen LogP contribution in [0.1, 0.15) is 40.2 Å². The Hall–Kier alpha value is -0.410. The maximum Gasteiger partial charge on any atom is 0.127 e. The minimum Gasteiger partial charge on any atom is -0.314 e. The Morgan fingerprint density at radius 1 is 1.26 bits per heavy atom. The number of halogens is 2. The summed E-state index contributed by atoms with van der Waals surface area (Å²) in [6.07, 6.45) is 0.753. The fraction of sp³-hybridized carbons (Fsp3) is 0.625. The Balaban J connectivity index is 2.88. The van der Waals surface area contributed by atoms with Gasteiger partial charge in [-0.2, -0.15) is 0 Å². The quantitative estimate of drug-likeness (QED) is 0.791. The van der Waals surface area contributed by atoms with E-state index in [4.69, 9.17) is 0 Å². The zero-order valence-electron chi connectivity index (χ0n) is 12.6. The second-order valence-corrected chi connectivity index (χ2v) is 7.17. The van der Waals surface area contributed by atoms with Crippen molar-refractivity contribution in [1.29, 1.82) is 0 Å². The van der Waals surface area contributed by atoms with E-state index in [1.54, 1.807) is 6.07 Å². The molecule has 19 heavy (non-hydrogen) atoms. The maximum absolute atomic E-state index is 14.0. The van der Waals surface area contributed by atoms with Gasteiger partial charge in [-0.3, -0.25) is 0 Å². The van der Waals surface area contributed by atoms with Gasteiger partial charge in [0, 0.05) is 17.1 Å². The summed E-state index contributed by atoms with van der Waals surface area (Å²) < 4.78 is 14.8. The topological polar surface area (TPSA) is 12.0 Å². The molecule has 0 aliphatic carbocycles. The highest BCUT2D eigenvalue weighted by molar-refractivity contribution is 9.10. The summed E-state index contributed by atoms with van der Waals surface area (Å²) in [5.74, 6) is 0.368. The van der Waals surface area contributed by atoms with Crippen LogP contribution in [0.4, 0.5) is 4.39 Å². The Kier molecular flexibility index (Phi) is 6.00. The molecular formula is C16H25BrFN. The molecule has 1 aromatic carbocycles. The van der Waals surface area contributed by atoms with Crippen LogP contribution in [0.2, 0.25) is 0 Å². The highest BCUT2D eigenvalue weighted by Crippen LogP contribution is 2.32. The van der Waals surface area contributed by atoms with Crippen LogP contribution in [-0.2, 0) is 6.42 Å². The summed E-state index contributed by atoms with van der Waals surface area (Å²) in [4.78, 5) is 0. The van der Waals surface area contributed by atoms with E-state index in [1.807, 2.05) is 12.1 Å². The number of nitrogens with one attached hydrogen (secondary N) is 1. The predicted octanol–water partition coefficient (Wildman–Crippen LogP) is 4.79. The van der Waals surface area contributed by atoms with E-state index in [0.29, 0.717) is 12.0 Å². The van der Waals surface area contributed by atoms with Crippen molar-refractivity contribution >= 4 is 15.9 Å². The third-order valence-corrected chi connectivity index (χ3v) is 4.41. The van der Waals surface area contributed by atoms with Crippen LogP contribution in [0.3, 0.4) is 0 Å². The summed E-state index contributed by atoms with van der Waals surface area (Å²) in [6.45, 7) is 11.8. The monoisotopic (exact) mass is 329 g/mol. The molecule has 0 heterocycles. The number of rotatable bonds is 6. The molecule has 0 aliphatic rings. The van der Waals surface area contributed by atoms with E-state index in [1.165, 1.54) is 0 Å². The van der Waals surface area contributed by atoms with Crippen molar-refractivity contribution in [3.05, 3.63) is 34.1 Å². The molecule has 1 atom stereocenters. The van der Waals surface area contributed by atoms with E-state index in [-0.39, 0.29) is 11.2 Å². The maximum atomic E-state index is 14.0. The number of hydrogen-bond donors (Lipinski definition) is 1. The molecule has 108 valence electrons. The van der Waals surface area contributed by atoms with E-state index in [0.717, 1.165) is 23.0 Å². The van der Waals surface area contributed by atoms with Gasteiger partial charge in [0.1, 0.15) is 5.82 Å². The average molecular weight is 330 g/mol. The van der Waals surface area contributed by atoms with Crippen LogP contribution in [0, 0.1) is 17.2 Å². The zero-order chi connectivity index (χ0) is 14.6. The SMILES string of the molecule is CC(C)NCC(C)(Cc1ccc(Br)cc1F)C(C)C. The van der Waals surface area contributed by atoms with Gasteiger partial charge in [0.15, 0.2) is 0 Å². The first-order valence-electron chi connectivity index (χ1n) is 6.92. The minimum atomic E-state index is -0.120. The van der Waals surface area contributed by atoms with Crippen LogP contribution in [0.15, 0.2) is 22.7 Å². The lowest BCUT2D eigenvalue weighted by Crippen LogP contribution is -2.40. The van der Waals surface area contributed by atoms with Crippen molar-refractivity contribution in [2.45, 2.75) is 47.1 Å².